The molecule has 1 saturated heterocycles. The Morgan fingerprint density at radius 2 is 2.17 bits per heavy atom. The second-order valence-corrected chi connectivity index (χ2v) is 8.87. The van der Waals surface area contributed by atoms with E-state index in [1.54, 1.807) is 11.0 Å². The number of hydrogen-bond acceptors (Lipinski definition) is 6. The summed E-state index contributed by atoms with van der Waals surface area (Å²) >= 11 is 1.40. The van der Waals surface area contributed by atoms with Crippen molar-refractivity contribution >= 4 is 33.2 Å². The van der Waals surface area contributed by atoms with Crippen LogP contribution in [0.2, 0.25) is 0 Å². The van der Waals surface area contributed by atoms with Gasteiger partial charge in [0.25, 0.3) is 5.91 Å². The Morgan fingerprint density at radius 3 is 2.71 bits per heavy atom. The van der Waals surface area contributed by atoms with Gasteiger partial charge in [-0.3, -0.25) is 9.59 Å². The predicted molar refractivity (Wildman–Crippen MR) is 88.8 cm³/mol. The van der Waals surface area contributed by atoms with Crippen LogP contribution in [0.5, 0.6) is 0 Å². The first-order valence-corrected chi connectivity index (χ1v) is 9.97. The second kappa shape index (κ2) is 7.60. The Kier molecular flexibility index (Phi) is 5.97. The minimum atomic E-state index is -3.67. The largest absolute Gasteiger partial charge is 0.480 e. The Hall–Kier alpha value is -1.49. The molecule has 1 fully saturated rings. The Balaban J connectivity index is 2.04. The molecule has 1 aliphatic rings. The number of hydrogen-bond donors (Lipinski definition) is 1. The summed E-state index contributed by atoms with van der Waals surface area (Å²) in [5.74, 6) is -1.36. The van der Waals surface area contributed by atoms with Crippen LogP contribution in [0.25, 0.3) is 0 Å². The number of ether oxygens (including phenoxy) is 1. The molecule has 1 amide bonds. The molecule has 8 nitrogen and oxygen atoms in total. The molecule has 1 N–H and O–H groups in total. The van der Waals surface area contributed by atoms with Crippen LogP contribution in [0.15, 0.2) is 12.1 Å². The van der Waals surface area contributed by atoms with E-state index in [0.717, 1.165) is 15.4 Å². The quantitative estimate of drug-likeness (QED) is 0.763. The van der Waals surface area contributed by atoms with Crippen LogP contribution in [0.3, 0.4) is 0 Å². The van der Waals surface area contributed by atoms with E-state index >= 15 is 0 Å². The van der Waals surface area contributed by atoms with Gasteiger partial charge in [0, 0.05) is 24.5 Å². The number of nitrogens with zero attached hydrogens (tertiary/aromatic N) is 2. The molecule has 2 rings (SSSR count). The molecule has 10 heteroatoms. The third kappa shape index (κ3) is 5.00. The number of thiophene rings is 1. The minimum Gasteiger partial charge on any atom is -0.480 e. The first-order valence-electron chi connectivity index (χ1n) is 7.31. The SMILES string of the molecule is Cc1ccc(C(=O)N2CCOC(CN(CC(=O)O)S(C)(=O)=O)C2)s1. The lowest BCUT2D eigenvalue weighted by atomic mass is 10.2. The molecule has 0 aromatic carbocycles. The van der Waals surface area contributed by atoms with Gasteiger partial charge >= 0.3 is 5.97 Å². The molecular weight excluding hydrogens is 356 g/mol. The van der Waals surface area contributed by atoms with Gasteiger partial charge in [0.2, 0.25) is 10.0 Å². The number of carbonyl (C=O) groups excluding carboxylic acids is 1. The van der Waals surface area contributed by atoms with E-state index in [1.165, 1.54) is 11.3 Å². The normalized spacial score (nSPS) is 18.8. The van der Waals surface area contributed by atoms with Crippen molar-refractivity contribution in [3.63, 3.8) is 0 Å². The molecule has 134 valence electrons. The lowest BCUT2D eigenvalue weighted by molar-refractivity contribution is -0.137. The van der Waals surface area contributed by atoms with Crippen LogP contribution in [0, 0.1) is 6.92 Å². The molecule has 2 heterocycles. The fourth-order valence-electron chi connectivity index (χ4n) is 2.41. The molecule has 1 aromatic heterocycles. The summed E-state index contributed by atoms with van der Waals surface area (Å²) < 4.78 is 29.8. The van der Waals surface area contributed by atoms with Crippen molar-refractivity contribution in [3.8, 4) is 0 Å². The zero-order valence-corrected chi connectivity index (χ0v) is 15.1. The van der Waals surface area contributed by atoms with Gasteiger partial charge in [-0.1, -0.05) is 0 Å². The molecule has 24 heavy (non-hydrogen) atoms. The molecule has 1 aromatic rings. The number of aliphatic carboxylic acids is 1. The van der Waals surface area contributed by atoms with Gasteiger partial charge in [-0.25, -0.2) is 8.42 Å². The number of carboxylic acids is 1. The van der Waals surface area contributed by atoms with Crippen LogP contribution < -0.4 is 0 Å². The van der Waals surface area contributed by atoms with Crippen molar-refractivity contribution in [2.45, 2.75) is 13.0 Å². The average molecular weight is 376 g/mol. The lowest BCUT2D eigenvalue weighted by Crippen LogP contribution is -2.51. The summed E-state index contributed by atoms with van der Waals surface area (Å²) in [4.78, 5) is 26.6. The van der Waals surface area contributed by atoms with E-state index in [4.69, 9.17) is 9.84 Å². The summed E-state index contributed by atoms with van der Waals surface area (Å²) in [5, 5.41) is 8.86. The maximum atomic E-state index is 12.5. The highest BCUT2D eigenvalue weighted by Crippen LogP contribution is 2.19. The second-order valence-electron chi connectivity index (χ2n) is 5.60. The average Bonchev–Trinajstić information content (AvgIpc) is 2.91. The zero-order valence-electron chi connectivity index (χ0n) is 13.5. The molecule has 0 aliphatic carbocycles. The van der Waals surface area contributed by atoms with Crippen LogP contribution in [-0.2, 0) is 19.6 Å². The van der Waals surface area contributed by atoms with Gasteiger partial charge in [0.15, 0.2) is 0 Å². The van der Waals surface area contributed by atoms with Crippen molar-refractivity contribution < 1.29 is 27.9 Å². The molecule has 1 aliphatic heterocycles. The van der Waals surface area contributed by atoms with E-state index in [0.29, 0.717) is 11.4 Å². The molecule has 1 unspecified atom stereocenters. The predicted octanol–water partition coefficient (Wildman–Crippen LogP) is 0.244. The van der Waals surface area contributed by atoms with Crippen LogP contribution in [0.4, 0.5) is 0 Å². The topological polar surface area (TPSA) is 104 Å². The number of aryl methyl sites for hydroxylation is 1. The number of sulfonamides is 1. The Morgan fingerprint density at radius 1 is 1.46 bits per heavy atom. The van der Waals surface area contributed by atoms with E-state index in [2.05, 4.69) is 0 Å². The van der Waals surface area contributed by atoms with Gasteiger partial charge in [-0.2, -0.15) is 4.31 Å². The highest BCUT2D eigenvalue weighted by molar-refractivity contribution is 7.88. The molecule has 0 bridgehead atoms. The monoisotopic (exact) mass is 376 g/mol. The van der Waals surface area contributed by atoms with Crippen molar-refractivity contribution in [2.75, 3.05) is 39.0 Å². The van der Waals surface area contributed by atoms with E-state index in [9.17, 15) is 18.0 Å². The van der Waals surface area contributed by atoms with Gasteiger partial charge in [-0.05, 0) is 19.1 Å². The maximum absolute atomic E-state index is 12.5. The molecule has 0 radical (unpaired) electrons. The first kappa shape index (κ1) is 18.8. The van der Waals surface area contributed by atoms with E-state index in [-0.39, 0.29) is 25.6 Å². The third-order valence-electron chi connectivity index (χ3n) is 3.57. The number of rotatable bonds is 6. The zero-order chi connectivity index (χ0) is 17.9. The molecule has 0 spiro atoms. The number of carbonyl (C=O) groups is 2. The minimum absolute atomic E-state index is 0.0988. The fourth-order valence-corrected chi connectivity index (χ4v) is 4.03. The lowest BCUT2D eigenvalue weighted by Gasteiger charge is -2.34. The first-order chi connectivity index (χ1) is 11.2. The Bertz CT molecular complexity index is 715. The number of morpholine rings is 1. The van der Waals surface area contributed by atoms with Crippen LogP contribution in [-0.4, -0.2) is 79.8 Å². The van der Waals surface area contributed by atoms with Crippen LogP contribution >= 0.6 is 11.3 Å². The smallest absolute Gasteiger partial charge is 0.318 e. The third-order valence-corrected chi connectivity index (χ3v) is 5.77. The Labute approximate surface area is 144 Å². The highest BCUT2D eigenvalue weighted by Gasteiger charge is 2.30. The van der Waals surface area contributed by atoms with Crippen LogP contribution in [0.1, 0.15) is 14.5 Å². The fraction of sp³-hybridized carbons (Fsp3) is 0.571. The van der Waals surface area contributed by atoms with Gasteiger partial charge < -0.3 is 14.7 Å². The summed E-state index contributed by atoms with van der Waals surface area (Å²) in [5.41, 5.74) is 0. The molecule has 0 saturated carbocycles. The van der Waals surface area contributed by atoms with E-state index < -0.39 is 28.6 Å². The van der Waals surface area contributed by atoms with Gasteiger partial charge in [0.05, 0.1) is 23.8 Å². The molecular formula is C14H20N2O6S2. The van der Waals surface area contributed by atoms with Gasteiger partial charge in [-0.15, -0.1) is 11.3 Å². The highest BCUT2D eigenvalue weighted by atomic mass is 32.2. The van der Waals surface area contributed by atoms with E-state index in [1.807, 2.05) is 13.0 Å². The summed E-state index contributed by atoms with van der Waals surface area (Å²) in [6.07, 6.45) is 0.397. The summed E-state index contributed by atoms with van der Waals surface area (Å²) in [7, 11) is -3.67. The standard InChI is InChI=1S/C14H20N2O6S2/c1-10-3-4-12(23-10)14(19)15-5-6-22-11(7-15)8-16(9-13(17)18)24(2,20)21/h3-4,11H,5-9H2,1-2H3,(H,17,18). The van der Waals surface area contributed by atoms with Crippen molar-refractivity contribution in [3.05, 3.63) is 21.9 Å². The van der Waals surface area contributed by atoms with Crippen molar-refractivity contribution in [2.24, 2.45) is 0 Å². The summed E-state index contributed by atoms with van der Waals surface area (Å²) in [6, 6.07) is 3.63. The van der Waals surface area contributed by atoms with Crippen molar-refractivity contribution in [1.82, 2.24) is 9.21 Å². The maximum Gasteiger partial charge on any atom is 0.318 e. The van der Waals surface area contributed by atoms with Gasteiger partial charge in [0.1, 0.15) is 6.54 Å². The number of amides is 1. The summed E-state index contributed by atoms with van der Waals surface area (Å²) in [6.45, 7) is 2.12. The number of carboxylic acid groups (broad SMARTS) is 1. The molecule has 1 atom stereocenters. The van der Waals surface area contributed by atoms with Crippen molar-refractivity contribution in [1.29, 1.82) is 0 Å².